The molecule has 2 unspecified atom stereocenters. The summed E-state index contributed by atoms with van der Waals surface area (Å²) >= 11 is 3.64. The van der Waals surface area contributed by atoms with E-state index in [0.717, 1.165) is 11.8 Å². The van der Waals surface area contributed by atoms with E-state index in [0.29, 0.717) is 6.54 Å². The Hall–Kier alpha value is -0.540. The zero-order chi connectivity index (χ0) is 14.9. The van der Waals surface area contributed by atoms with Crippen LogP contribution in [0.15, 0.2) is 16.6 Å². The normalized spacial score (nSPS) is 30.3. The van der Waals surface area contributed by atoms with Crippen LogP contribution in [0.3, 0.4) is 0 Å². The minimum Gasteiger partial charge on any atom is -0.378 e. The summed E-state index contributed by atoms with van der Waals surface area (Å²) in [5.74, 6) is 1.49. The number of hydrogen-bond acceptors (Lipinski definition) is 2. The zero-order valence-corrected chi connectivity index (χ0v) is 14.7. The van der Waals surface area contributed by atoms with Gasteiger partial charge in [-0.05, 0) is 68.2 Å². The van der Waals surface area contributed by atoms with Crippen molar-refractivity contribution in [3.05, 3.63) is 27.7 Å². The van der Waals surface area contributed by atoms with Crippen LogP contribution >= 0.6 is 15.9 Å². The first-order chi connectivity index (χ1) is 9.35. The van der Waals surface area contributed by atoms with Gasteiger partial charge in [-0.15, -0.1) is 0 Å². The average molecular weight is 339 g/mol. The van der Waals surface area contributed by atoms with Crippen LogP contribution < -0.4 is 11.1 Å². The van der Waals surface area contributed by atoms with Crippen molar-refractivity contribution in [1.29, 1.82) is 0 Å². The number of aryl methyl sites for hydroxylation is 2. The fraction of sp³-hybridized carbons (Fsp3) is 0.647. The van der Waals surface area contributed by atoms with E-state index in [1.54, 1.807) is 0 Å². The predicted octanol–water partition coefficient (Wildman–Crippen LogP) is 4.63. The second-order valence-electron chi connectivity index (χ2n) is 6.89. The summed E-state index contributed by atoms with van der Waals surface area (Å²) in [4.78, 5) is 0. The summed E-state index contributed by atoms with van der Waals surface area (Å²) in [5.41, 5.74) is 9.96. The van der Waals surface area contributed by atoms with Gasteiger partial charge in [-0.3, -0.25) is 0 Å². The van der Waals surface area contributed by atoms with Crippen molar-refractivity contribution in [2.24, 2.45) is 17.6 Å². The monoisotopic (exact) mass is 338 g/mol. The van der Waals surface area contributed by atoms with Crippen molar-refractivity contribution in [3.63, 3.8) is 0 Å². The van der Waals surface area contributed by atoms with Crippen molar-refractivity contribution in [2.75, 3.05) is 11.9 Å². The van der Waals surface area contributed by atoms with Gasteiger partial charge < -0.3 is 11.1 Å². The SMILES string of the molecule is Cc1cc(NC2(CN)CC(C)CC(C)C2)cc(C)c1Br. The third-order valence-electron chi connectivity index (χ3n) is 4.52. The van der Waals surface area contributed by atoms with Crippen molar-refractivity contribution in [1.82, 2.24) is 0 Å². The largest absolute Gasteiger partial charge is 0.378 e. The molecule has 0 aliphatic heterocycles. The molecular weight excluding hydrogens is 312 g/mol. The Morgan fingerprint density at radius 3 is 2.15 bits per heavy atom. The number of nitrogens with one attached hydrogen (secondary N) is 1. The Balaban J connectivity index is 2.26. The van der Waals surface area contributed by atoms with Gasteiger partial charge in [0.25, 0.3) is 0 Å². The lowest BCUT2D eigenvalue weighted by atomic mass is 9.71. The van der Waals surface area contributed by atoms with Crippen LogP contribution in [0.25, 0.3) is 0 Å². The van der Waals surface area contributed by atoms with Crippen LogP contribution in [-0.2, 0) is 0 Å². The van der Waals surface area contributed by atoms with Crippen molar-refractivity contribution >= 4 is 21.6 Å². The van der Waals surface area contributed by atoms with E-state index < -0.39 is 0 Å². The standard InChI is InChI=1S/C17H27BrN2/c1-11-5-12(2)9-17(8-11,10-19)20-15-6-13(3)16(18)14(4)7-15/h6-7,11-12,20H,5,8-10,19H2,1-4H3. The summed E-state index contributed by atoms with van der Waals surface area (Å²) in [6, 6.07) is 4.44. The zero-order valence-electron chi connectivity index (χ0n) is 13.1. The molecule has 0 heterocycles. The van der Waals surface area contributed by atoms with E-state index in [-0.39, 0.29) is 5.54 Å². The molecule has 0 saturated heterocycles. The second-order valence-corrected chi connectivity index (χ2v) is 7.68. The smallest absolute Gasteiger partial charge is 0.0500 e. The Bertz CT molecular complexity index is 451. The summed E-state index contributed by atoms with van der Waals surface area (Å²) in [6.45, 7) is 9.68. The van der Waals surface area contributed by atoms with Crippen LogP contribution in [-0.4, -0.2) is 12.1 Å². The van der Waals surface area contributed by atoms with Gasteiger partial charge in [0, 0.05) is 16.7 Å². The number of hydrogen-bond donors (Lipinski definition) is 2. The molecule has 1 aromatic rings. The number of halogens is 1. The van der Waals surface area contributed by atoms with Gasteiger partial charge in [0.1, 0.15) is 0 Å². The number of anilines is 1. The highest BCUT2D eigenvalue weighted by Crippen LogP contribution is 2.38. The van der Waals surface area contributed by atoms with E-state index in [4.69, 9.17) is 5.73 Å². The molecule has 2 rings (SSSR count). The molecule has 1 fully saturated rings. The molecule has 112 valence electrons. The number of nitrogens with two attached hydrogens (primary N) is 1. The number of benzene rings is 1. The van der Waals surface area contributed by atoms with Gasteiger partial charge in [0.2, 0.25) is 0 Å². The van der Waals surface area contributed by atoms with Crippen molar-refractivity contribution in [3.8, 4) is 0 Å². The quantitative estimate of drug-likeness (QED) is 0.842. The average Bonchev–Trinajstić information content (AvgIpc) is 2.34. The highest BCUT2D eigenvalue weighted by atomic mass is 79.9. The molecule has 0 radical (unpaired) electrons. The fourth-order valence-electron chi connectivity index (χ4n) is 3.91. The molecule has 3 N–H and O–H groups in total. The van der Waals surface area contributed by atoms with E-state index in [1.807, 2.05) is 0 Å². The van der Waals surface area contributed by atoms with E-state index >= 15 is 0 Å². The first-order valence-electron chi connectivity index (χ1n) is 7.60. The maximum atomic E-state index is 6.14. The molecular formula is C17H27BrN2. The van der Waals surface area contributed by atoms with Crippen molar-refractivity contribution < 1.29 is 0 Å². The summed E-state index contributed by atoms with van der Waals surface area (Å²) in [6.07, 6.45) is 3.66. The maximum absolute atomic E-state index is 6.14. The van der Waals surface area contributed by atoms with Gasteiger partial charge >= 0.3 is 0 Å². The summed E-state index contributed by atoms with van der Waals surface area (Å²) in [7, 11) is 0. The molecule has 0 bridgehead atoms. The van der Waals surface area contributed by atoms with E-state index in [9.17, 15) is 0 Å². The minimum absolute atomic E-state index is 0.0593. The van der Waals surface area contributed by atoms with E-state index in [1.165, 1.54) is 40.5 Å². The topological polar surface area (TPSA) is 38.0 Å². The second kappa shape index (κ2) is 6.07. The predicted molar refractivity (Wildman–Crippen MR) is 91.2 cm³/mol. The van der Waals surface area contributed by atoms with Gasteiger partial charge in [-0.2, -0.15) is 0 Å². The Labute approximate surface area is 131 Å². The van der Waals surface area contributed by atoms with E-state index in [2.05, 4.69) is 61.1 Å². The lowest BCUT2D eigenvalue weighted by Crippen LogP contribution is -2.50. The lowest BCUT2D eigenvalue weighted by Gasteiger charge is -2.43. The van der Waals surface area contributed by atoms with Crippen LogP contribution in [0.2, 0.25) is 0 Å². The molecule has 1 aliphatic rings. The maximum Gasteiger partial charge on any atom is 0.0500 e. The first kappa shape index (κ1) is 15.8. The van der Waals surface area contributed by atoms with Gasteiger partial charge in [-0.25, -0.2) is 0 Å². The molecule has 1 aromatic carbocycles. The summed E-state index contributed by atoms with van der Waals surface area (Å²) in [5, 5.41) is 3.77. The fourth-order valence-corrected chi connectivity index (χ4v) is 4.14. The minimum atomic E-state index is 0.0593. The molecule has 0 aromatic heterocycles. The first-order valence-corrected chi connectivity index (χ1v) is 8.39. The molecule has 1 saturated carbocycles. The Kier molecular flexibility index (Phi) is 4.80. The summed E-state index contributed by atoms with van der Waals surface area (Å²) < 4.78 is 1.20. The molecule has 2 atom stereocenters. The third-order valence-corrected chi connectivity index (χ3v) is 5.77. The molecule has 1 aliphatic carbocycles. The third kappa shape index (κ3) is 3.37. The van der Waals surface area contributed by atoms with Gasteiger partial charge in [-0.1, -0.05) is 29.8 Å². The lowest BCUT2D eigenvalue weighted by molar-refractivity contribution is 0.205. The Morgan fingerprint density at radius 1 is 1.20 bits per heavy atom. The van der Waals surface area contributed by atoms with Crippen LogP contribution in [0.5, 0.6) is 0 Å². The van der Waals surface area contributed by atoms with Crippen molar-refractivity contribution in [2.45, 2.75) is 52.5 Å². The van der Waals surface area contributed by atoms with Crippen LogP contribution in [0.1, 0.15) is 44.2 Å². The Morgan fingerprint density at radius 2 is 1.70 bits per heavy atom. The molecule has 20 heavy (non-hydrogen) atoms. The van der Waals surface area contributed by atoms with Crippen LogP contribution in [0.4, 0.5) is 5.69 Å². The molecule has 2 nitrogen and oxygen atoms in total. The molecule has 0 spiro atoms. The number of rotatable bonds is 3. The highest BCUT2D eigenvalue weighted by molar-refractivity contribution is 9.10. The molecule has 3 heteroatoms. The van der Waals surface area contributed by atoms with Gasteiger partial charge in [0.05, 0.1) is 5.54 Å². The van der Waals surface area contributed by atoms with Gasteiger partial charge in [0.15, 0.2) is 0 Å². The highest BCUT2D eigenvalue weighted by Gasteiger charge is 2.36. The van der Waals surface area contributed by atoms with Crippen LogP contribution in [0, 0.1) is 25.7 Å². The molecule has 0 amide bonds.